The molecule has 3 fully saturated rings. The highest BCUT2D eigenvalue weighted by atomic mass is 19.4. The number of nitrogens with zero attached hydrogens (tertiary/aromatic N) is 1. The van der Waals surface area contributed by atoms with Crippen LogP contribution in [0.5, 0.6) is 0 Å². The molecule has 2 heterocycles. The maximum Gasteiger partial charge on any atom is 0.416 e. The molecule has 8 heteroatoms. The third-order valence-corrected chi connectivity index (χ3v) is 7.69. The van der Waals surface area contributed by atoms with Crippen molar-refractivity contribution < 1.29 is 27.9 Å². The summed E-state index contributed by atoms with van der Waals surface area (Å²) in [6.45, 7) is 6.13. The van der Waals surface area contributed by atoms with Crippen LogP contribution in [-0.2, 0) is 15.7 Å². The van der Waals surface area contributed by atoms with Crippen molar-refractivity contribution in [3.63, 3.8) is 0 Å². The minimum absolute atomic E-state index is 0.0163. The molecule has 2 aliphatic heterocycles. The quantitative estimate of drug-likeness (QED) is 0.306. The standard InChI is InChI=1S/C14H12F3N.C13H19NO3/c1-2-13-7-6-11(9-18-13)10-4-3-5-12(8-10)14(15,16)17;1-7-11-6-9-4-10(14-16)3-2-8(9)5-12(11)13(15)17-7/h2-8,18H,1,9H2;7-9,11-12,16H,2-6H2,1H3/b;14-10-. The molecule has 2 saturated carbocycles. The monoisotopic (exact) mass is 488 g/mol. The first-order valence-corrected chi connectivity index (χ1v) is 12.0. The van der Waals surface area contributed by atoms with Crippen molar-refractivity contribution in [1.82, 2.24) is 5.32 Å². The van der Waals surface area contributed by atoms with E-state index in [9.17, 15) is 18.0 Å². The Kier molecular flexibility index (Phi) is 7.38. The molecule has 2 N–H and O–H groups in total. The first-order chi connectivity index (χ1) is 16.7. The van der Waals surface area contributed by atoms with Crippen LogP contribution in [0.1, 0.15) is 50.2 Å². The maximum atomic E-state index is 12.6. The largest absolute Gasteiger partial charge is 0.462 e. The van der Waals surface area contributed by atoms with Crippen LogP contribution in [-0.4, -0.2) is 29.5 Å². The number of dihydropyridines is 1. The van der Waals surface area contributed by atoms with Gasteiger partial charge in [0.05, 0.1) is 17.2 Å². The molecule has 188 valence electrons. The molecule has 0 bridgehead atoms. The molecule has 4 aliphatic rings. The Morgan fingerprint density at radius 2 is 2.03 bits per heavy atom. The van der Waals surface area contributed by atoms with Gasteiger partial charge >= 0.3 is 12.1 Å². The summed E-state index contributed by atoms with van der Waals surface area (Å²) in [5.74, 6) is 1.76. The third kappa shape index (κ3) is 5.63. The van der Waals surface area contributed by atoms with E-state index in [1.807, 2.05) is 13.0 Å². The number of rotatable bonds is 2. The van der Waals surface area contributed by atoms with E-state index in [0.29, 0.717) is 29.9 Å². The van der Waals surface area contributed by atoms with E-state index in [-0.39, 0.29) is 18.0 Å². The molecule has 5 rings (SSSR count). The summed E-state index contributed by atoms with van der Waals surface area (Å²) in [5.41, 5.74) is 2.58. The van der Waals surface area contributed by atoms with Crippen molar-refractivity contribution in [3.8, 4) is 0 Å². The Bertz CT molecular complexity index is 1060. The minimum atomic E-state index is -4.30. The van der Waals surface area contributed by atoms with Crippen molar-refractivity contribution in [1.29, 1.82) is 0 Å². The molecule has 0 aromatic heterocycles. The first-order valence-electron chi connectivity index (χ1n) is 12.0. The second-order valence-electron chi connectivity index (χ2n) is 9.76. The molecule has 35 heavy (non-hydrogen) atoms. The molecule has 5 unspecified atom stereocenters. The molecular weight excluding hydrogens is 457 g/mol. The number of hydrogen-bond donors (Lipinski definition) is 2. The summed E-state index contributed by atoms with van der Waals surface area (Å²) in [6, 6.07) is 5.34. The third-order valence-electron chi connectivity index (χ3n) is 7.69. The predicted molar refractivity (Wildman–Crippen MR) is 128 cm³/mol. The lowest BCUT2D eigenvalue weighted by Gasteiger charge is -2.40. The van der Waals surface area contributed by atoms with Crippen molar-refractivity contribution in [2.45, 2.75) is 51.3 Å². The number of fused-ring (bicyclic) bond motifs is 2. The second-order valence-corrected chi connectivity index (χ2v) is 9.76. The molecule has 1 saturated heterocycles. The lowest BCUT2D eigenvalue weighted by Crippen LogP contribution is -2.37. The Balaban J connectivity index is 0.000000165. The van der Waals surface area contributed by atoms with Crippen molar-refractivity contribution >= 4 is 17.3 Å². The van der Waals surface area contributed by atoms with Crippen molar-refractivity contribution in [2.24, 2.45) is 28.8 Å². The van der Waals surface area contributed by atoms with Gasteiger partial charge in [0.1, 0.15) is 6.10 Å². The molecule has 5 atom stereocenters. The molecule has 1 aromatic rings. The maximum absolute atomic E-state index is 12.6. The highest BCUT2D eigenvalue weighted by Crippen LogP contribution is 2.49. The van der Waals surface area contributed by atoms with Gasteiger partial charge in [-0.1, -0.05) is 29.9 Å². The van der Waals surface area contributed by atoms with E-state index in [1.54, 1.807) is 18.2 Å². The van der Waals surface area contributed by atoms with Crippen LogP contribution in [0.15, 0.2) is 59.9 Å². The van der Waals surface area contributed by atoms with Gasteiger partial charge < -0.3 is 15.3 Å². The summed E-state index contributed by atoms with van der Waals surface area (Å²) >= 11 is 0. The van der Waals surface area contributed by atoms with E-state index in [2.05, 4.69) is 17.1 Å². The summed E-state index contributed by atoms with van der Waals surface area (Å²) in [4.78, 5) is 11.7. The lowest BCUT2D eigenvalue weighted by molar-refractivity contribution is -0.144. The number of alkyl halides is 3. The Morgan fingerprint density at radius 1 is 1.23 bits per heavy atom. The Labute approximate surface area is 203 Å². The van der Waals surface area contributed by atoms with Crippen LogP contribution in [0.2, 0.25) is 0 Å². The molecule has 5 nitrogen and oxygen atoms in total. The minimum Gasteiger partial charge on any atom is -0.462 e. The topological polar surface area (TPSA) is 70.9 Å². The van der Waals surface area contributed by atoms with E-state index < -0.39 is 11.7 Å². The Morgan fingerprint density at radius 3 is 2.69 bits per heavy atom. The van der Waals surface area contributed by atoms with Crippen LogP contribution in [0, 0.1) is 23.7 Å². The molecule has 2 aliphatic carbocycles. The van der Waals surface area contributed by atoms with Gasteiger partial charge in [-0.3, -0.25) is 4.79 Å². The van der Waals surface area contributed by atoms with Gasteiger partial charge in [-0.25, -0.2) is 0 Å². The van der Waals surface area contributed by atoms with Gasteiger partial charge in [-0.15, -0.1) is 0 Å². The summed E-state index contributed by atoms with van der Waals surface area (Å²) < 4.78 is 43.1. The van der Waals surface area contributed by atoms with Crippen LogP contribution in [0.3, 0.4) is 0 Å². The zero-order valence-electron chi connectivity index (χ0n) is 19.7. The van der Waals surface area contributed by atoms with Gasteiger partial charge in [-0.05, 0) is 86.3 Å². The number of hydrogen-bond acceptors (Lipinski definition) is 5. The van der Waals surface area contributed by atoms with Gasteiger partial charge in [0.15, 0.2) is 0 Å². The van der Waals surface area contributed by atoms with E-state index in [1.165, 1.54) is 12.1 Å². The number of carbonyl (C=O) groups is 1. The number of esters is 1. The molecule has 0 radical (unpaired) electrons. The van der Waals surface area contributed by atoms with Gasteiger partial charge in [0.25, 0.3) is 0 Å². The number of allylic oxidation sites excluding steroid dienone is 3. The average molecular weight is 489 g/mol. The molecule has 0 amide bonds. The number of carbonyl (C=O) groups excluding carboxylic acids is 1. The van der Waals surface area contributed by atoms with Crippen LogP contribution in [0.4, 0.5) is 13.2 Å². The average Bonchev–Trinajstić information content (AvgIpc) is 3.14. The number of benzene rings is 1. The number of cyclic esters (lactones) is 1. The van der Waals surface area contributed by atoms with E-state index in [4.69, 9.17) is 9.94 Å². The van der Waals surface area contributed by atoms with Gasteiger partial charge in [0.2, 0.25) is 0 Å². The number of ether oxygens (including phenoxy) is 1. The molecule has 1 aromatic carbocycles. The Hall–Kier alpha value is -3.03. The number of halogens is 3. The van der Waals surface area contributed by atoms with Crippen molar-refractivity contribution in [2.75, 3.05) is 6.54 Å². The zero-order valence-corrected chi connectivity index (χ0v) is 19.7. The highest BCUT2D eigenvalue weighted by Gasteiger charge is 2.49. The second kappa shape index (κ2) is 10.3. The zero-order chi connectivity index (χ0) is 25.2. The predicted octanol–water partition coefficient (Wildman–Crippen LogP) is 5.97. The fraction of sp³-hybridized carbons (Fsp3) is 0.481. The summed E-state index contributed by atoms with van der Waals surface area (Å²) in [5, 5.41) is 15.3. The van der Waals surface area contributed by atoms with Crippen LogP contribution < -0.4 is 5.32 Å². The normalized spacial score (nSPS) is 31.0. The fourth-order valence-electron chi connectivity index (χ4n) is 5.74. The number of nitrogens with one attached hydrogen (secondary N) is 1. The SMILES string of the molecule is C=CC1=CC=C(c2cccc(C(F)(F)F)c2)CN1.CC1OC(=O)C2CC3CC/C(=N/O)CC3CC12. The van der Waals surface area contributed by atoms with Crippen molar-refractivity contribution in [3.05, 3.63) is 65.9 Å². The molecule has 0 spiro atoms. The van der Waals surface area contributed by atoms with Gasteiger partial charge in [-0.2, -0.15) is 13.2 Å². The number of oxime groups is 1. The van der Waals surface area contributed by atoms with E-state index in [0.717, 1.165) is 55.2 Å². The van der Waals surface area contributed by atoms with E-state index >= 15 is 0 Å². The summed E-state index contributed by atoms with van der Waals surface area (Å²) in [6.07, 6.45) is 5.94. The first kappa shape index (κ1) is 25.1. The summed E-state index contributed by atoms with van der Waals surface area (Å²) in [7, 11) is 0. The lowest BCUT2D eigenvalue weighted by atomic mass is 9.63. The smallest absolute Gasteiger partial charge is 0.416 e. The van der Waals surface area contributed by atoms with Gasteiger partial charge in [0, 0.05) is 18.2 Å². The fourth-order valence-corrected chi connectivity index (χ4v) is 5.74. The highest BCUT2D eigenvalue weighted by molar-refractivity contribution is 5.85. The van der Waals surface area contributed by atoms with Crippen LogP contribution >= 0.6 is 0 Å². The molecular formula is C27H31F3N2O3. The van der Waals surface area contributed by atoms with Crippen LogP contribution in [0.25, 0.3) is 5.57 Å².